The molecule has 2 nitrogen and oxygen atoms in total. The molecular formula is C15H14O2S. The van der Waals surface area contributed by atoms with Crippen LogP contribution in [0.5, 0.6) is 5.75 Å². The highest BCUT2D eigenvalue weighted by Gasteiger charge is 2.05. The van der Waals surface area contributed by atoms with Crippen LogP contribution in [-0.2, 0) is 5.75 Å². The zero-order valence-electron chi connectivity index (χ0n) is 9.87. The van der Waals surface area contributed by atoms with Crippen molar-refractivity contribution in [1.82, 2.24) is 0 Å². The van der Waals surface area contributed by atoms with E-state index in [4.69, 9.17) is 5.11 Å². The molecule has 92 valence electrons. The molecule has 0 amide bonds. The van der Waals surface area contributed by atoms with E-state index in [0.29, 0.717) is 11.3 Å². The smallest absolute Gasteiger partial charge is 0.172 e. The number of phenols is 1. The summed E-state index contributed by atoms with van der Waals surface area (Å²) >= 11 is 1.60. The third kappa shape index (κ3) is 3.64. The number of benzene rings is 2. The van der Waals surface area contributed by atoms with Gasteiger partial charge in [0.15, 0.2) is 5.78 Å². The summed E-state index contributed by atoms with van der Waals surface area (Å²) in [6, 6.07) is 16.5. The molecule has 18 heavy (non-hydrogen) atoms. The number of phenolic OH excluding ortho intramolecular Hbond substituents is 1. The Morgan fingerprint density at radius 1 is 1.00 bits per heavy atom. The first-order chi connectivity index (χ1) is 8.75. The first-order valence-corrected chi connectivity index (χ1v) is 6.85. The average molecular weight is 258 g/mol. The van der Waals surface area contributed by atoms with Gasteiger partial charge in [-0.3, -0.25) is 4.79 Å². The van der Waals surface area contributed by atoms with Gasteiger partial charge in [0.1, 0.15) is 5.75 Å². The van der Waals surface area contributed by atoms with Crippen LogP contribution in [0.1, 0.15) is 15.9 Å². The second-order valence-corrected chi connectivity index (χ2v) is 4.93. The zero-order valence-corrected chi connectivity index (χ0v) is 10.7. The summed E-state index contributed by atoms with van der Waals surface area (Å²) in [4.78, 5) is 11.8. The van der Waals surface area contributed by atoms with Crippen LogP contribution in [0, 0.1) is 0 Å². The van der Waals surface area contributed by atoms with E-state index in [9.17, 15) is 4.79 Å². The molecule has 0 heterocycles. The quantitative estimate of drug-likeness (QED) is 0.834. The van der Waals surface area contributed by atoms with Crippen molar-refractivity contribution in [2.45, 2.75) is 5.75 Å². The predicted molar refractivity (Wildman–Crippen MR) is 75.0 cm³/mol. The Morgan fingerprint density at radius 2 is 1.67 bits per heavy atom. The van der Waals surface area contributed by atoms with E-state index >= 15 is 0 Å². The fourth-order valence-corrected chi connectivity index (χ4v) is 2.45. The number of hydrogen-bond acceptors (Lipinski definition) is 3. The van der Waals surface area contributed by atoms with Gasteiger partial charge in [-0.25, -0.2) is 0 Å². The summed E-state index contributed by atoms with van der Waals surface area (Å²) in [5.41, 5.74) is 1.87. The maximum atomic E-state index is 11.8. The number of hydrogen-bond donors (Lipinski definition) is 1. The number of carbonyl (C=O) groups excluding carboxylic acids is 1. The third-order valence-electron chi connectivity index (χ3n) is 2.53. The summed E-state index contributed by atoms with van der Waals surface area (Å²) in [7, 11) is 0. The first-order valence-electron chi connectivity index (χ1n) is 5.69. The van der Waals surface area contributed by atoms with Crippen molar-refractivity contribution in [3.8, 4) is 5.75 Å². The molecule has 0 spiro atoms. The highest BCUT2D eigenvalue weighted by Crippen LogP contribution is 2.15. The van der Waals surface area contributed by atoms with Gasteiger partial charge in [0.25, 0.3) is 0 Å². The summed E-state index contributed by atoms with van der Waals surface area (Å²) in [6.45, 7) is 0. The van der Waals surface area contributed by atoms with E-state index in [1.165, 1.54) is 17.7 Å². The van der Waals surface area contributed by atoms with Crippen LogP contribution in [0.25, 0.3) is 0 Å². The van der Waals surface area contributed by atoms with E-state index in [0.717, 1.165) is 5.75 Å². The van der Waals surface area contributed by atoms with Crippen molar-refractivity contribution < 1.29 is 9.90 Å². The fraction of sp³-hybridized carbons (Fsp3) is 0.133. The standard InChI is InChI=1S/C15H14O2S/c16-14-8-6-13(7-9-14)15(17)11-18-10-12-4-2-1-3-5-12/h1-9,16H,10-11H2. The first kappa shape index (κ1) is 12.7. The Kier molecular flexibility index (Phi) is 4.42. The van der Waals surface area contributed by atoms with Gasteiger partial charge < -0.3 is 5.11 Å². The zero-order chi connectivity index (χ0) is 12.8. The lowest BCUT2D eigenvalue weighted by Crippen LogP contribution is -2.02. The Morgan fingerprint density at radius 3 is 2.33 bits per heavy atom. The molecule has 0 radical (unpaired) electrons. The van der Waals surface area contributed by atoms with Crippen molar-refractivity contribution >= 4 is 17.5 Å². The maximum absolute atomic E-state index is 11.8. The van der Waals surface area contributed by atoms with Crippen LogP contribution in [0.4, 0.5) is 0 Å². The molecule has 0 aromatic heterocycles. The van der Waals surface area contributed by atoms with Gasteiger partial charge in [0, 0.05) is 11.3 Å². The Bertz CT molecular complexity index is 506. The lowest BCUT2D eigenvalue weighted by atomic mass is 10.1. The molecule has 0 atom stereocenters. The molecule has 1 N–H and O–H groups in total. The second kappa shape index (κ2) is 6.26. The van der Waals surface area contributed by atoms with Gasteiger partial charge in [-0.2, -0.15) is 0 Å². The van der Waals surface area contributed by atoms with Crippen molar-refractivity contribution in [2.24, 2.45) is 0 Å². The highest BCUT2D eigenvalue weighted by molar-refractivity contribution is 7.99. The highest BCUT2D eigenvalue weighted by atomic mass is 32.2. The van der Waals surface area contributed by atoms with Crippen LogP contribution in [-0.4, -0.2) is 16.6 Å². The molecular weight excluding hydrogens is 244 g/mol. The number of rotatable bonds is 5. The molecule has 2 aromatic carbocycles. The van der Waals surface area contributed by atoms with Crippen molar-refractivity contribution in [3.63, 3.8) is 0 Å². The van der Waals surface area contributed by atoms with E-state index in [2.05, 4.69) is 12.1 Å². The molecule has 0 saturated carbocycles. The lowest BCUT2D eigenvalue weighted by molar-refractivity contribution is 0.102. The Labute approximate surface area is 111 Å². The number of carbonyl (C=O) groups is 1. The molecule has 0 aliphatic heterocycles. The minimum atomic E-state index is 0.0935. The number of aromatic hydroxyl groups is 1. The van der Waals surface area contributed by atoms with Gasteiger partial charge in [0.05, 0.1) is 5.75 Å². The number of ketones is 1. The molecule has 2 rings (SSSR count). The predicted octanol–water partition coefficient (Wildman–Crippen LogP) is 3.51. The van der Waals surface area contributed by atoms with E-state index in [1.807, 2.05) is 18.2 Å². The topological polar surface area (TPSA) is 37.3 Å². The van der Waals surface area contributed by atoms with Crippen molar-refractivity contribution in [1.29, 1.82) is 0 Å². The summed E-state index contributed by atoms with van der Waals surface area (Å²) in [5.74, 6) is 1.57. The minimum absolute atomic E-state index is 0.0935. The monoisotopic (exact) mass is 258 g/mol. The molecule has 2 aromatic rings. The molecule has 0 aliphatic carbocycles. The van der Waals surface area contributed by atoms with Crippen LogP contribution < -0.4 is 0 Å². The van der Waals surface area contributed by atoms with Gasteiger partial charge in [0.2, 0.25) is 0 Å². The number of thioether (sulfide) groups is 1. The summed E-state index contributed by atoms with van der Waals surface area (Å²) in [6.07, 6.45) is 0. The minimum Gasteiger partial charge on any atom is -0.508 e. The lowest BCUT2D eigenvalue weighted by Gasteiger charge is -2.02. The van der Waals surface area contributed by atoms with Crippen LogP contribution >= 0.6 is 11.8 Å². The van der Waals surface area contributed by atoms with Gasteiger partial charge in [-0.05, 0) is 29.8 Å². The Hall–Kier alpha value is -1.74. The van der Waals surface area contributed by atoms with Crippen LogP contribution in [0.15, 0.2) is 54.6 Å². The van der Waals surface area contributed by atoms with E-state index in [-0.39, 0.29) is 11.5 Å². The second-order valence-electron chi connectivity index (χ2n) is 3.95. The van der Waals surface area contributed by atoms with E-state index < -0.39 is 0 Å². The van der Waals surface area contributed by atoms with Gasteiger partial charge in [-0.1, -0.05) is 30.3 Å². The van der Waals surface area contributed by atoms with Crippen LogP contribution in [0.2, 0.25) is 0 Å². The van der Waals surface area contributed by atoms with Crippen LogP contribution in [0.3, 0.4) is 0 Å². The molecule has 0 fully saturated rings. The largest absolute Gasteiger partial charge is 0.508 e. The Balaban J connectivity index is 1.84. The summed E-state index contributed by atoms with van der Waals surface area (Å²) < 4.78 is 0. The SMILES string of the molecule is O=C(CSCc1ccccc1)c1ccc(O)cc1. The maximum Gasteiger partial charge on any atom is 0.172 e. The average Bonchev–Trinajstić information content (AvgIpc) is 2.40. The molecule has 0 unspecified atom stereocenters. The van der Waals surface area contributed by atoms with Crippen molar-refractivity contribution in [3.05, 3.63) is 65.7 Å². The van der Waals surface area contributed by atoms with E-state index in [1.54, 1.807) is 23.9 Å². The third-order valence-corrected chi connectivity index (χ3v) is 3.54. The molecule has 3 heteroatoms. The van der Waals surface area contributed by atoms with Crippen molar-refractivity contribution in [2.75, 3.05) is 5.75 Å². The summed E-state index contributed by atoms with van der Waals surface area (Å²) in [5, 5.41) is 9.15. The molecule has 0 bridgehead atoms. The molecule has 0 saturated heterocycles. The van der Waals surface area contributed by atoms with Gasteiger partial charge >= 0.3 is 0 Å². The number of Topliss-reactive ketones (excluding diaryl/α,β-unsaturated/α-hetero) is 1. The fourth-order valence-electron chi connectivity index (χ4n) is 1.57. The molecule has 0 aliphatic rings. The van der Waals surface area contributed by atoms with Gasteiger partial charge in [-0.15, -0.1) is 11.8 Å². The normalized spacial score (nSPS) is 10.2.